The van der Waals surface area contributed by atoms with Crippen LogP contribution in [0.2, 0.25) is 0 Å². The molecule has 1 heterocycles. The smallest absolute Gasteiger partial charge is 0.264 e. The third kappa shape index (κ3) is 8.33. The van der Waals surface area contributed by atoms with Gasteiger partial charge >= 0.3 is 0 Å². The van der Waals surface area contributed by atoms with Crippen molar-refractivity contribution < 1.29 is 18.0 Å². The van der Waals surface area contributed by atoms with E-state index >= 15 is 0 Å². The molecule has 9 heteroatoms. The fraction of sp³-hybridized carbons (Fsp3) is 0.273. The molecule has 0 aliphatic heterocycles. The number of carbonyl (C=O) groups is 2. The topological polar surface area (TPSA) is 122 Å². The Balaban J connectivity index is 1.31. The van der Waals surface area contributed by atoms with Crippen molar-refractivity contribution in [2.24, 2.45) is 0 Å². The largest absolute Gasteiger partial charge is 0.310 e. The Morgan fingerprint density at radius 3 is 2.12 bits per heavy atom. The predicted octanol–water partition coefficient (Wildman–Crippen LogP) is 5.92. The maximum Gasteiger partial charge on any atom is 0.264 e. The van der Waals surface area contributed by atoms with Gasteiger partial charge in [-0.3, -0.25) is 9.59 Å². The number of aromatic nitrogens is 2. The van der Waals surface area contributed by atoms with Crippen molar-refractivity contribution in [2.45, 2.75) is 64.2 Å². The number of nitrogens with one attached hydrogen (secondary N) is 2. The minimum Gasteiger partial charge on any atom is -0.310 e. The first-order valence-electron chi connectivity index (χ1n) is 13.9. The van der Waals surface area contributed by atoms with E-state index in [1.165, 1.54) is 12.1 Å². The minimum atomic E-state index is -4.10. The van der Waals surface area contributed by atoms with Crippen LogP contribution in [0.3, 0.4) is 0 Å². The van der Waals surface area contributed by atoms with E-state index in [0.29, 0.717) is 24.2 Å². The lowest BCUT2D eigenvalue weighted by Gasteiger charge is -2.10. The van der Waals surface area contributed by atoms with Gasteiger partial charge in [-0.15, -0.1) is 0 Å². The highest BCUT2D eigenvalue weighted by Crippen LogP contribution is 2.25. The zero-order valence-corrected chi connectivity index (χ0v) is 25.0. The summed E-state index contributed by atoms with van der Waals surface area (Å²) in [5.74, 6) is -0.827. The predicted molar refractivity (Wildman–Crippen MR) is 165 cm³/mol. The van der Waals surface area contributed by atoms with Gasteiger partial charge in [-0.25, -0.2) is 17.8 Å². The number of rotatable bonds is 13. The van der Waals surface area contributed by atoms with E-state index in [1.807, 2.05) is 68.4 Å². The van der Waals surface area contributed by atoms with E-state index in [1.54, 1.807) is 23.7 Å². The van der Waals surface area contributed by atoms with Gasteiger partial charge in [0, 0.05) is 30.5 Å². The van der Waals surface area contributed by atoms with E-state index in [9.17, 15) is 18.0 Å². The normalized spacial score (nSPS) is 11.3. The number of sulfonamides is 1. The van der Waals surface area contributed by atoms with Gasteiger partial charge in [0.15, 0.2) is 0 Å². The summed E-state index contributed by atoms with van der Waals surface area (Å²) in [7, 11) is -4.10. The van der Waals surface area contributed by atoms with Crippen LogP contribution in [0.4, 0.5) is 0 Å². The van der Waals surface area contributed by atoms with Crippen LogP contribution >= 0.6 is 0 Å². The maximum atomic E-state index is 12.8. The van der Waals surface area contributed by atoms with E-state index < -0.39 is 15.9 Å². The second-order valence-corrected chi connectivity index (χ2v) is 12.3. The zero-order valence-electron chi connectivity index (χ0n) is 24.2. The number of benzene rings is 3. The lowest BCUT2D eigenvalue weighted by atomic mass is 10.0. The lowest BCUT2D eigenvalue weighted by Crippen LogP contribution is -2.30. The number of amides is 1. The molecule has 1 aromatic heterocycles. The molecule has 3 aromatic carbocycles. The first-order valence-corrected chi connectivity index (χ1v) is 15.4. The summed E-state index contributed by atoms with van der Waals surface area (Å²) in [5, 5.41) is 12.2. The quantitative estimate of drug-likeness (QED) is 0.189. The second kappa shape index (κ2) is 13.5. The van der Waals surface area contributed by atoms with Crippen LogP contribution in [-0.4, -0.2) is 35.6 Å². The average molecular weight is 585 g/mol. The molecule has 0 radical (unpaired) electrons. The minimum absolute atomic E-state index is 0.0343. The fourth-order valence-electron chi connectivity index (χ4n) is 4.59. The van der Waals surface area contributed by atoms with Crippen molar-refractivity contribution in [1.29, 1.82) is 5.41 Å². The summed E-state index contributed by atoms with van der Waals surface area (Å²) in [4.78, 5) is 24.8. The van der Waals surface area contributed by atoms with Crippen LogP contribution in [0.1, 0.15) is 55.0 Å². The summed E-state index contributed by atoms with van der Waals surface area (Å²) in [6.07, 6.45) is 2.06. The highest BCUT2D eigenvalue weighted by atomic mass is 32.2. The molecule has 4 rings (SSSR count). The van der Waals surface area contributed by atoms with Gasteiger partial charge in [0.2, 0.25) is 5.91 Å². The molecular weight excluding hydrogens is 548 g/mol. The molecular formula is C33H36N4O4S. The van der Waals surface area contributed by atoms with E-state index in [-0.39, 0.29) is 29.9 Å². The van der Waals surface area contributed by atoms with E-state index in [2.05, 4.69) is 9.82 Å². The molecule has 0 atom stereocenters. The van der Waals surface area contributed by atoms with Gasteiger partial charge in [-0.1, -0.05) is 54.1 Å². The van der Waals surface area contributed by atoms with Crippen LogP contribution in [0, 0.1) is 19.3 Å². The van der Waals surface area contributed by atoms with Crippen LogP contribution in [0.25, 0.3) is 16.9 Å². The van der Waals surface area contributed by atoms with Crippen LogP contribution in [-0.2, 0) is 32.5 Å². The Morgan fingerprint density at radius 1 is 0.833 bits per heavy atom. The molecule has 8 nitrogen and oxygen atoms in total. The van der Waals surface area contributed by atoms with Crippen molar-refractivity contribution in [2.75, 3.05) is 0 Å². The van der Waals surface area contributed by atoms with Crippen LogP contribution in [0.5, 0.6) is 0 Å². The maximum absolute atomic E-state index is 12.8. The SMILES string of the molecule is CC(=N)CCc1cccc(CCC(=O)CCC(=O)NS(=O)(=O)c2ccc(-n3nc(C)cc3-c3ccc(C)cc3)cc2)c1. The fourth-order valence-corrected chi connectivity index (χ4v) is 5.60. The molecule has 0 fully saturated rings. The van der Waals surface area contributed by atoms with Gasteiger partial charge in [-0.05, 0) is 81.5 Å². The van der Waals surface area contributed by atoms with E-state index in [0.717, 1.165) is 40.1 Å². The standard InChI is InChI=1S/C33H36N4O4S/c1-23-7-12-28(13-8-23)32-21-25(3)35-37(32)29-14-18-31(19-15-29)42(40,41)36-33(39)20-17-30(38)16-11-27-6-4-5-26(22-27)10-9-24(2)34/h4-8,12-15,18-19,21-22,34H,9-11,16-17,20H2,1-3H3,(H,36,39). The first kappa shape index (κ1) is 30.6. The third-order valence-corrected chi connectivity index (χ3v) is 8.31. The second-order valence-electron chi connectivity index (χ2n) is 10.6. The summed E-state index contributed by atoms with van der Waals surface area (Å²) in [5.41, 5.74) is 7.30. The van der Waals surface area contributed by atoms with Crippen molar-refractivity contribution in [1.82, 2.24) is 14.5 Å². The van der Waals surface area contributed by atoms with Crippen LogP contribution < -0.4 is 4.72 Å². The number of aryl methyl sites for hydroxylation is 4. The van der Waals surface area contributed by atoms with Gasteiger partial charge in [0.25, 0.3) is 10.0 Å². The Hall–Kier alpha value is -4.37. The Kier molecular flexibility index (Phi) is 9.85. The third-order valence-electron chi connectivity index (χ3n) is 6.92. The Morgan fingerprint density at radius 2 is 1.48 bits per heavy atom. The Bertz CT molecular complexity index is 1690. The molecule has 0 aliphatic rings. The monoisotopic (exact) mass is 584 g/mol. The highest BCUT2D eigenvalue weighted by Gasteiger charge is 2.19. The molecule has 0 bridgehead atoms. The molecule has 218 valence electrons. The van der Waals surface area contributed by atoms with Crippen molar-refractivity contribution >= 4 is 27.4 Å². The number of hydrogen-bond acceptors (Lipinski definition) is 6. The zero-order chi connectivity index (χ0) is 30.3. The van der Waals surface area contributed by atoms with E-state index in [4.69, 9.17) is 5.41 Å². The summed E-state index contributed by atoms with van der Waals surface area (Å²) in [6.45, 7) is 5.70. The molecule has 0 unspecified atom stereocenters. The van der Waals surface area contributed by atoms with Crippen LogP contribution in [0.15, 0.2) is 83.8 Å². The summed E-state index contributed by atoms with van der Waals surface area (Å²) < 4.78 is 29.5. The summed E-state index contributed by atoms with van der Waals surface area (Å²) >= 11 is 0. The molecule has 42 heavy (non-hydrogen) atoms. The number of nitrogens with zero attached hydrogens (tertiary/aromatic N) is 2. The summed E-state index contributed by atoms with van der Waals surface area (Å²) in [6, 6.07) is 24.1. The average Bonchev–Trinajstić information content (AvgIpc) is 3.36. The molecule has 0 spiro atoms. The molecule has 0 saturated heterocycles. The van der Waals surface area contributed by atoms with Crippen molar-refractivity contribution in [3.63, 3.8) is 0 Å². The van der Waals surface area contributed by atoms with Gasteiger partial charge in [0.05, 0.1) is 22.0 Å². The van der Waals surface area contributed by atoms with Crippen molar-refractivity contribution in [3.8, 4) is 16.9 Å². The highest BCUT2D eigenvalue weighted by molar-refractivity contribution is 7.90. The number of hydrogen-bond donors (Lipinski definition) is 2. The molecule has 4 aromatic rings. The number of ketones is 1. The molecule has 1 amide bonds. The molecule has 0 aliphatic carbocycles. The van der Waals surface area contributed by atoms with Crippen molar-refractivity contribution in [3.05, 3.63) is 101 Å². The molecule has 0 saturated carbocycles. The van der Waals surface area contributed by atoms with Gasteiger partial charge in [0.1, 0.15) is 5.78 Å². The number of Topliss-reactive ketones (excluding diaryl/α,β-unsaturated/α-hetero) is 1. The number of carbonyl (C=O) groups excluding carboxylic acids is 2. The van der Waals surface area contributed by atoms with Gasteiger partial charge in [-0.2, -0.15) is 5.10 Å². The van der Waals surface area contributed by atoms with Gasteiger partial charge < -0.3 is 5.41 Å². The lowest BCUT2D eigenvalue weighted by molar-refractivity contribution is -0.124. The molecule has 2 N–H and O–H groups in total. The first-order chi connectivity index (χ1) is 20.0. The Labute approximate surface area is 247 Å².